The van der Waals surface area contributed by atoms with Crippen LogP contribution in [0.15, 0.2) is 30.3 Å². The molecule has 0 fully saturated rings. The van der Waals surface area contributed by atoms with Crippen molar-refractivity contribution < 1.29 is 24.2 Å². The lowest BCUT2D eigenvalue weighted by Gasteiger charge is -2.14. The predicted octanol–water partition coefficient (Wildman–Crippen LogP) is 2.52. The standard InChI is InChI=1S/C21H24N2O5/c1-12-8-13(2)19(14(3)9-12)23-21(26)20(25)22-7-6-16(24)15-4-5-17-18(10-15)28-11-27-17/h4-5,8-10,16,24H,6-7,11H2,1-3H3,(H,22,25)(H,23,26). The Kier molecular flexibility index (Phi) is 5.84. The number of rotatable bonds is 5. The second-order valence-electron chi connectivity index (χ2n) is 6.90. The molecule has 7 heteroatoms. The number of amides is 2. The quantitative estimate of drug-likeness (QED) is 0.689. The zero-order chi connectivity index (χ0) is 20.3. The molecule has 1 aliphatic heterocycles. The molecule has 28 heavy (non-hydrogen) atoms. The van der Waals surface area contributed by atoms with Crippen LogP contribution in [0.3, 0.4) is 0 Å². The summed E-state index contributed by atoms with van der Waals surface area (Å²) in [5.41, 5.74) is 4.20. The summed E-state index contributed by atoms with van der Waals surface area (Å²) < 4.78 is 10.5. The van der Waals surface area contributed by atoms with Crippen LogP contribution in [-0.4, -0.2) is 30.3 Å². The Balaban J connectivity index is 1.50. The molecule has 0 bridgehead atoms. The van der Waals surface area contributed by atoms with Crippen LogP contribution in [0.4, 0.5) is 5.69 Å². The van der Waals surface area contributed by atoms with Crippen molar-refractivity contribution >= 4 is 17.5 Å². The van der Waals surface area contributed by atoms with Gasteiger partial charge in [-0.2, -0.15) is 0 Å². The SMILES string of the molecule is Cc1cc(C)c(NC(=O)C(=O)NCCC(O)c2ccc3c(c2)OCO3)c(C)c1. The number of aliphatic hydroxyl groups is 1. The van der Waals surface area contributed by atoms with E-state index in [1.54, 1.807) is 18.2 Å². The van der Waals surface area contributed by atoms with E-state index in [4.69, 9.17) is 9.47 Å². The molecule has 0 aromatic heterocycles. The molecule has 2 aromatic carbocycles. The molecule has 2 aromatic rings. The Bertz CT molecular complexity index is 887. The van der Waals surface area contributed by atoms with E-state index in [0.29, 0.717) is 22.7 Å². The number of nitrogens with one attached hydrogen (secondary N) is 2. The summed E-state index contributed by atoms with van der Waals surface area (Å²) in [5, 5.41) is 15.5. The average Bonchev–Trinajstić information content (AvgIpc) is 3.11. The van der Waals surface area contributed by atoms with Crippen molar-refractivity contribution in [2.24, 2.45) is 0 Å². The van der Waals surface area contributed by atoms with E-state index >= 15 is 0 Å². The smallest absolute Gasteiger partial charge is 0.313 e. The van der Waals surface area contributed by atoms with Gasteiger partial charge in [0.15, 0.2) is 11.5 Å². The van der Waals surface area contributed by atoms with E-state index in [0.717, 1.165) is 16.7 Å². The van der Waals surface area contributed by atoms with Gasteiger partial charge in [-0.3, -0.25) is 9.59 Å². The summed E-state index contributed by atoms with van der Waals surface area (Å²) in [4.78, 5) is 24.2. The number of aryl methyl sites for hydroxylation is 3. The average molecular weight is 384 g/mol. The number of fused-ring (bicyclic) bond motifs is 1. The topological polar surface area (TPSA) is 96.9 Å². The first-order chi connectivity index (χ1) is 13.3. The Labute approximate surface area is 163 Å². The van der Waals surface area contributed by atoms with Gasteiger partial charge in [-0.05, 0) is 56.0 Å². The number of aliphatic hydroxyl groups excluding tert-OH is 1. The van der Waals surface area contributed by atoms with E-state index in [9.17, 15) is 14.7 Å². The number of anilines is 1. The van der Waals surface area contributed by atoms with E-state index < -0.39 is 17.9 Å². The molecule has 0 saturated heterocycles. The number of hydrogen-bond acceptors (Lipinski definition) is 5. The first-order valence-corrected chi connectivity index (χ1v) is 9.10. The van der Waals surface area contributed by atoms with Crippen molar-refractivity contribution in [1.29, 1.82) is 0 Å². The Morgan fingerprint density at radius 1 is 1.04 bits per heavy atom. The molecule has 0 saturated carbocycles. The second-order valence-corrected chi connectivity index (χ2v) is 6.90. The maximum atomic E-state index is 12.2. The van der Waals surface area contributed by atoms with Gasteiger partial charge >= 0.3 is 11.8 Å². The molecular formula is C21H24N2O5. The van der Waals surface area contributed by atoms with Crippen LogP contribution in [0, 0.1) is 20.8 Å². The number of hydrogen-bond donors (Lipinski definition) is 3. The Morgan fingerprint density at radius 3 is 2.43 bits per heavy atom. The van der Waals surface area contributed by atoms with E-state index in [1.807, 2.05) is 32.9 Å². The lowest BCUT2D eigenvalue weighted by atomic mass is 10.1. The van der Waals surface area contributed by atoms with Gasteiger partial charge in [0.25, 0.3) is 0 Å². The molecule has 2 amide bonds. The zero-order valence-corrected chi connectivity index (χ0v) is 16.2. The van der Waals surface area contributed by atoms with Crippen LogP contribution in [0.25, 0.3) is 0 Å². The first-order valence-electron chi connectivity index (χ1n) is 9.10. The number of carbonyl (C=O) groups is 2. The third kappa shape index (κ3) is 4.43. The molecule has 148 valence electrons. The van der Waals surface area contributed by atoms with E-state index in [2.05, 4.69) is 10.6 Å². The van der Waals surface area contributed by atoms with Crippen molar-refractivity contribution in [1.82, 2.24) is 5.32 Å². The first kappa shape index (κ1) is 19.7. The largest absolute Gasteiger partial charge is 0.454 e. The highest BCUT2D eigenvalue weighted by Crippen LogP contribution is 2.34. The van der Waals surface area contributed by atoms with E-state index in [-0.39, 0.29) is 19.8 Å². The summed E-state index contributed by atoms with van der Waals surface area (Å²) >= 11 is 0. The zero-order valence-electron chi connectivity index (χ0n) is 16.2. The van der Waals surface area contributed by atoms with Gasteiger partial charge in [-0.25, -0.2) is 0 Å². The highest BCUT2D eigenvalue weighted by molar-refractivity contribution is 6.39. The molecule has 3 rings (SSSR count). The van der Waals surface area contributed by atoms with E-state index in [1.165, 1.54) is 0 Å². The summed E-state index contributed by atoms with van der Waals surface area (Å²) in [6, 6.07) is 9.09. The minimum Gasteiger partial charge on any atom is -0.454 e. The fourth-order valence-corrected chi connectivity index (χ4v) is 3.24. The van der Waals surface area contributed by atoms with Gasteiger partial charge in [0.1, 0.15) is 0 Å². The molecule has 1 aliphatic rings. The fourth-order valence-electron chi connectivity index (χ4n) is 3.24. The molecule has 0 aliphatic carbocycles. The molecule has 1 unspecified atom stereocenters. The van der Waals surface area contributed by atoms with Crippen molar-refractivity contribution in [3.05, 3.63) is 52.6 Å². The third-order valence-electron chi connectivity index (χ3n) is 4.61. The number of carbonyl (C=O) groups excluding carboxylic acids is 2. The predicted molar refractivity (Wildman–Crippen MR) is 104 cm³/mol. The third-order valence-corrected chi connectivity index (χ3v) is 4.61. The maximum absolute atomic E-state index is 12.2. The van der Waals surface area contributed by atoms with Crippen molar-refractivity contribution in [3.63, 3.8) is 0 Å². The molecule has 7 nitrogen and oxygen atoms in total. The highest BCUT2D eigenvalue weighted by atomic mass is 16.7. The molecule has 1 atom stereocenters. The Morgan fingerprint density at radius 2 is 1.71 bits per heavy atom. The van der Waals surface area contributed by atoms with Crippen molar-refractivity contribution in [2.45, 2.75) is 33.3 Å². The van der Waals surface area contributed by atoms with Crippen LogP contribution >= 0.6 is 0 Å². The van der Waals surface area contributed by atoms with Crippen LogP contribution < -0.4 is 20.1 Å². The molecule has 1 heterocycles. The summed E-state index contributed by atoms with van der Waals surface area (Å²) in [6.07, 6.45) is -0.527. The van der Waals surface area contributed by atoms with Gasteiger partial charge in [-0.15, -0.1) is 0 Å². The molecule has 3 N–H and O–H groups in total. The number of benzene rings is 2. The lowest BCUT2D eigenvalue weighted by Crippen LogP contribution is -2.36. The summed E-state index contributed by atoms with van der Waals surface area (Å²) in [6.45, 7) is 6.07. The van der Waals surface area contributed by atoms with Gasteiger partial charge in [0, 0.05) is 12.2 Å². The summed E-state index contributed by atoms with van der Waals surface area (Å²) in [7, 11) is 0. The lowest BCUT2D eigenvalue weighted by molar-refractivity contribution is -0.136. The highest BCUT2D eigenvalue weighted by Gasteiger charge is 2.18. The summed E-state index contributed by atoms with van der Waals surface area (Å²) in [5.74, 6) is -0.240. The van der Waals surface area contributed by atoms with Crippen LogP contribution in [0.5, 0.6) is 11.5 Å². The van der Waals surface area contributed by atoms with Crippen LogP contribution in [-0.2, 0) is 9.59 Å². The fraction of sp³-hybridized carbons (Fsp3) is 0.333. The van der Waals surface area contributed by atoms with Crippen molar-refractivity contribution in [3.8, 4) is 11.5 Å². The molecule has 0 spiro atoms. The van der Waals surface area contributed by atoms with Gasteiger partial charge in [0.2, 0.25) is 6.79 Å². The van der Waals surface area contributed by atoms with Gasteiger partial charge in [0.05, 0.1) is 6.10 Å². The monoisotopic (exact) mass is 384 g/mol. The second kappa shape index (κ2) is 8.31. The van der Waals surface area contributed by atoms with Gasteiger partial charge < -0.3 is 25.2 Å². The molecular weight excluding hydrogens is 360 g/mol. The van der Waals surface area contributed by atoms with Crippen LogP contribution in [0.1, 0.15) is 34.8 Å². The normalized spacial score (nSPS) is 13.1. The van der Waals surface area contributed by atoms with Gasteiger partial charge in [-0.1, -0.05) is 23.8 Å². The van der Waals surface area contributed by atoms with Crippen molar-refractivity contribution in [2.75, 3.05) is 18.7 Å². The minimum absolute atomic E-state index is 0.160. The van der Waals surface area contributed by atoms with Crippen LogP contribution in [0.2, 0.25) is 0 Å². The maximum Gasteiger partial charge on any atom is 0.313 e. The Hall–Kier alpha value is -3.06. The molecule has 0 radical (unpaired) electrons. The number of ether oxygens (including phenoxy) is 2. The minimum atomic E-state index is -0.792.